The van der Waals surface area contributed by atoms with Crippen LogP contribution in [0.15, 0.2) is 31.4 Å². The number of nitrogens with one attached hydrogen (secondary N) is 3. The van der Waals surface area contributed by atoms with Gasteiger partial charge in [0.05, 0.1) is 5.69 Å². The standard InChI is InChI=1S/C19H27N5S/c1-5-7-14(6-2)18-17(12-20)19(22-21-18)15-8-10-16(11-9-15)24-25-23-13(3)4/h5-7,13,15-16,23-24H,1-2,8-11H2,3-4H3,(H,21,22)/b14-7+. The fraction of sp³-hybridized carbons (Fsp3) is 0.474. The topological polar surface area (TPSA) is 76.5 Å². The molecule has 0 bridgehead atoms. The Labute approximate surface area is 154 Å². The van der Waals surface area contributed by atoms with Crippen molar-refractivity contribution in [3.05, 3.63) is 48.3 Å². The average Bonchev–Trinajstić information content (AvgIpc) is 3.03. The summed E-state index contributed by atoms with van der Waals surface area (Å²) in [5.74, 6) is 0.354. The smallest absolute Gasteiger partial charge is 0.110 e. The number of allylic oxidation sites excluding steroid dienone is 4. The molecule has 0 amide bonds. The molecule has 1 aliphatic carbocycles. The van der Waals surface area contributed by atoms with Crippen molar-refractivity contribution in [1.82, 2.24) is 19.6 Å². The van der Waals surface area contributed by atoms with Crippen molar-refractivity contribution in [2.45, 2.75) is 57.5 Å². The van der Waals surface area contributed by atoms with Gasteiger partial charge in [0.25, 0.3) is 0 Å². The first-order valence-electron chi connectivity index (χ1n) is 8.71. The van der Waals surface area contributed by atoms with Crippen LogP contribution in [-0.2, 0) is 0 Å². The highest BCUT2D eigenvalue weighted by Gasteiger charge is 2.27. The minimum absolute atomic E-state index is 0.354. The summed E-state index contributed by atoms with van der Waals surface area (Å²) in [6.07, 6.45) is 9.50. The second-order valence-electron chi connectivity index (χ2n) is 6.58. The molecule has 0 spiro atoms. The maximum absolute atomic E-state index is 9.63. The van der Waals surface area contributed by atoms with Gasteiger partial charge in [-0.15, -0.1) is 0 Å². The first-order chi connectivity index (χ1) is 12.1. The number of nitrogens with zero attached hydrogens (tertiary/aromatic N) is 2. The van der Waals surface area contributed by atoms with Crippen LogP contribution < -0.4 is 9.44 Å². The fourth-order valence-electron chi connectivity index (χ4n) is 3.08. The van der Waals surface area contributed by atoms with Crippen LogP contribution >= 0.6 is 12.1 Å². The number of nitriles is 1. The van der Waals surface area contributed by atoms with Crippen LogP contribution in [0.2, 0.25) is 0 Å². The van der Waals surface area contributed by atoms with E-state index >= 15 is 0 Å². The Balaban J connectivity index is 2.03. The van der Waals surface area contributed by atoms with Gasteiger partial charge in [0.1, 0.15) is 17.3 Å². The molecule has 1 aromatic rings. The molecule has 134 valence electrons. The molecule has 0 unspecified atom stereocenters. The quantitative estimate of drug-likeness (QED) is 0.480. The lowest BCUT2D eigenvalue weighted by Crippen LogP contribution is -2.32. The molecule has 1 fully saturated rings. The zero-order valence-electron chi connectivity index (χ0n) is 15.0. The molecular formula is C19H27N5S. The third-order valence-corrected chi connectivity index (χ3v) is 5.39. The Hall–Kier alpha value is -1.81. The van der Waals surface area contributed by atoms with Crippen molar-refractivity contribution in [1.29, 1.82) is 5.26 Å². The van der Waals surface area contributed by atoms with E-state index in [1.54, 1.807) is 24.3 Å². The van der Waals surface area contributed by atoms with E-state index < -0.39 is 0 Å². The summed E-state index contributed by atoms with van der Waals surface area (Å²) in [5.41, 5.74) is 3.09. The van der Waals surface area contributed by atoms with Crippen LogP contribution in [0, 0.1) is 11.3 Å². The predicted octanol–water partition coefficient (Wildman–Crippen LogP) is 4.21. The highest BCUT2D eigenvalue weighted by Crippen LogP contribution is 2.35. The van der Waals surface area contributed by atoms with Crippen molar-refractivity contribution in [2.24, 2.45) is 0 Å². The lowest BCUT2D eigenvalue weighted by molar-refractivity contribution is 0.376. The van der Waals surface area contributed by atoms with Crippen LogP contribution in [0.4, 0.5) is 0 Å². The summed E-state index contributed by atoms with van der Waals surface area (Å²) in [4.78, 5) is 0. The summed E-state index contributed by atoms with van der Waals surface area (Å²) < 4.78 is 6.79. The Kier molecular flexibility index (Phi) is 7.51. The number of H-pyrrole nitrogens is 1. The van der Waals surface area contributed by atoms with E-state index in [0.717, 1.165) is 37.0 Å². The van der Waals surface area contributed by atoms with Crippen molar-refractivity contribution in [3.63, 3.8) is 0 Å². The van der Waals surface area contributed by atoms with Crippen LogP contribution in [0.25, 0.3) is 5.57 Å². The molecule has 2 rings (SSSR count). The number of hydrogen-bond donors (Lipinski definition) is 3. The molecule has 0 radical (unpaired) electrons. The van der Waals surface area contributed by atoms with Gasteiger partial charge in [-0.1, -0.05) is 31.4 Å². The lowest BCUT2D eigenvalue weighted by Gasteiger charge is -2.28. The van der Waals surface area contributed by atoms with Crippen molar-refractivity contribution >= 4 is 17.7 Å². The predicted molar refractivity (Wildman–Crippen MR) is 106 cm³/mol. The molecule has 6 heteroatoms. The SMILES string of the molecule is C=C/C=C(\C=C)c1n[nH]c(C2CCC(NSNC(C)C)CC2)c1C#N. The molecule has 1 aliphatic rings. The molecule has 0 aliphatic heterocycles. The first kappa shape index (κ1) is 19.5. The van der Waals surface area contributed by atoms with Gasteiger partial charge in [-0.25, -0.2) is 9.44 Å². The van der Waals surface area contributed by atoms with Gasteiger partial charge >= 0.3 is 0 Å². The fourth-order valence-corrected chi connectivity index (χ4v) is 3.78. The molecule has 1 heterocycles. The Bertz CT molecular complexity index is 660. The van der Waals surface area contributed by atoms with Gasteiger partial charge in [-0.3, -0.25) is 5.10 Å². The van der Waals surface area contributed by atoms with E-state index in [1.165, 1.54) is 0 Å². The normalized spacial score (nSPS) is 21.1. The molecule has 3 N–H and O–H groups in total. The Morgan fingerprint density at radius 2 is 2.08 bits per heavy atom. The molecule has 0 saturated heterocycles. The van der Waals surface area contributed by atoms with Crippen molar-refractivity contribution in [3.8, 4) is 6.07 Å². The Morgan fingerprint density at radius 1 is 1.36 bits per heavy atom. The van der Waals surface area contributed by atoms with E-state index in [-0.39, 0.29) is 0 Å². The maximum atomic E-state index is 9.63. The van der Waals surface area contributed by atoms with Crippen molar-refractivity contribution < 1.29 is 0 Å². The molecule has 5 nitrogen and oxygen atoms in total. The summed E-state index contributed by atoms with van der Waals surface area (Å²) >= 11 is 1.59. The minimum atomic E-state index is 0.354. The molecule has 1 aromatic heterocycles. The zero-order chi connectivity index (χ0) is 18.2. The maximum Gasteiger partial charge on any atom is 0.110 e. The largest absolute Gasteiger partial charge is 0.280 e. The van der Waals surface area contributed by atoms with Crippen molar-refractivity contribution in [2.75, 3.05) is 0 Å². The van der Waals surface area contributed by atoms with E-state index in [0.29, 0.717) is 29.3 Å². The molecule has 0 atom stereocenters. The third-order valence-electron chi connectivity index (χ3n) is 4.35. The summed E-state index contributed by atoms with van der Waals surface area (Å²) in [7, 11) is 0. The molecular weight excluding hydrogens is 330 g/mol. The highest BCUT2D eigenvalue weighted by molar-refractivity contribution is 7.95. The second kappa shape index (κ2) is 9.62. The minimum Gasteiger partial charge on any atom is -0.280 e. The molecule has 1 saturated carbocycles. The van der Waals surface area contributed by atoms with E-state index in [9.17, 15) is 5.26 Å². The van der Waals surface area contributed by atoms with E-state index in [2.05, 4.69) is 52.7 Å². The van der Waals surface area contributed by atoms with E-state index in [1.807, 2.05) is 6.08 Å². The number of aromatic amines is 1. The molecule has 25 heavy (non-hydrogen) atoms. The van der Waals surface area contributed by atoms with Gasteiger partial charge in [-0.2, -0.15) is 10.4 Å². The highest BCUT2D eigenvalue weighted by atomic mass is 32.2. The lowest BCUT2D eigenvalue weighted by atomic mass is 9.83. The summed E-state index contributed by atoms with van der Waals surface area (Å²) in [6, 6.07) is 3.29. The zero-order valence-corrected chi connectivity index (χ0v) is 15.8. The van der Waals surface area contributed by atoms with E-state index in [4.69, 9.17) is 0 Å². The number of rotatable bonds is 8. The number of hydrogen-bond acceptors (Lipinski definition) is 5. The number of aromatic nitrogens is 2. The average molecular weight is 358 g/mol. The van der Waals surface area contributed by atoms with Gasteiger partial charge in [0, 0.05) is 35.7 Å². The van der Waals surface area contributed by atoms with Crippen LogP contribution in [0.1, 0.15) is 62.4 Å². The van der Waals surface area contributed by atoms with Crippen LogP contribution in [-0.4, -0.2) is 22.3 Å². The van der Waals surface area contributed by atoms with Gasteiger partial charge in [0.2, 0.25) is 0 Å². The van der Waals surface area contributed by atoms with Crippen LogP contribution in [0.3, 0.4) is 0 Å². The summed E-state index contributed by atoms with van der Waals surface area (Å²) in [6.45, 7) is 11.8. The monoisotopic (exact) mass is 357 g/mol. The third kappa shape index (κ3) is 5.08. The molecule has 0 aromatic carbocycles. The first-order valence-corrected chi connectivity index (χ1v) is 9.53. The van der Waals surface area contributed by atoms with Crippen LogP contribution in [0.5, 0.6) is 0 Å². The van der Waals surface area contributed by atoms with Gasteiger partial charge < -0.3 is 0 Å². The van der Waals surface area contributed by atoms with Gasteiger partial charge in [-0.05, 0) is 39.5 Å². The van der Waals surface area contributed by atoms with Gasteiger partial charge in [0.15, 0.2) is 0 Å². The summed E-state index contributed by atoms with van der Waals surface area (Å²) in [5, 5.41) is 17.1. The Morgan fingerprint density at radius 3 is 2.64 bits per heavy atom. The second-order valence-corrected chi connectivity index (χ2v) is 7.25.